The van der Waals surface area contributed by atoms with Gasteiger partial charge in [0, 0.05) is 24.4 Å². The van der Waals surface area contributed by atoms with Gasteiger partial charge in [0.05, 0.1) is 4.90 Å². The van der Waals surface area contributed by atoms with E-state index in [9.17, 15) is 16.8 Å². The van der Waals surface area contributed by atoms with E-state index in [1.54, 1.807) is 0 Å². The number of sulfone groups is 2. The average Bonchev–Trinajstić information content (AvgIpc) is 3.14. The van der Waals surface area contributed by atoms with Gasteiger partial charge in [-0.15, -0.1) is 0 Å². The first kappa shape index (κ1) is 21.8. The lowest BCUT2D eigenvalue weighted by Gasteiger charge is -2.22. The standard InChI is InChI=1S/C19H19ClN2O4S3/c1-3-22(13-14-7-5-4-6-8-14)18-17(21-19(27-18)28(2,23)24)29(25,26)16-11-9-15(20)10-12-16/h4-12H,3,13H2,1-2H3. The normalized spacial score (nSPS) is 12.1. The van der Waals surface area contributed by atoms with Crippen LogP contribution in [0.1, 0.15) is 12.5 Å². The van der Waals surface area contributed by atoms with Crippen LogP contribution >= 0.6 is 22.9 Å². The zero-order valence-electron chi connectivity index (χ0n) is 15.7. The monoisotopic (exact) mass is 470 g/mol. The van der Waals surface area contributed by atoms with Gasteiger partial charge in [0.15, 0.2) is 5.03 Å². The van der Waals surface area contributed by atoms with E-state index in [4.69, 9.17) is 11.6 Å². The Bertz CT molecular complexity index is 1210. The first-order chi connectivity index (χ1) is 13.6. The highest BCUT2D eigenvalue weighted by atomic mass is 35.5. The molecule has 0 atom stereocenters. The summed E-state index contributed by atoms with van der Waals surface area (Å²) in [6.45, 7) is 2.77. The van der Waals surface area contributed by atoms with Crippen molar-refractivity contribution in [2.45, 2.75) is 27.7 Å². The highest BCUT2D eigenvalue weighted by Gasteiger charge is 2.31. The molecule has 0 radical (unpaired) electrons. The number of thiazole rings is 1. The molecule has 0 saturated heterocycles. The average molecular weight is 471 g/mol. The topological polar surface area (TPSA) is 84.4 Å². The van der Waals surface area contributed by atoms with Crippen molar-refractivity contribution in [2.24, 2.45) is 0 Å². The molecule has 0 aliphatic heterocycles. The SMILES string of the molecule is CCN(Cc1ccccc1)c1sc(S(C)(=O)=O)nc1S(=O)(=O)c1ccc(Cl)cc1. The fourth-order valence-electron chi connectivity index (χ4n) is 2.67. The Morgan fingerprint density at radius 2 is 1.62 bits per heavy atom. The summed E-state index contributed by atoms with van der Waals surface area (Å²) in [6, 6.07) is 15.2. The third kappa shape index (κ3) is 4.80. The largest absolute Gasteiger partial charge is 0.357 e. The van der Waals surface area contributed by atoms with Crippen molar-refractivity contribution in [1.82, 2.24) is 4.98 Å². The number of hydrogen-bond acceptors (Lipinski definition) is 7. The smallest absolute Gasteiger partial charge is 0.226 e. The predicted molar refractivity (Wildman–Crippen MR) is 115 cm³/mol. The van der Waals surface area contributed by atoms with Crippen LogP contribution < -0.4 is 4.90 Å². The van der Waals surface area contributed by atoms with Gasteiger partial charge in [-0.1, -0.05) is 53.3 Å². The van der Waals surface area contributed by atoms with Gasteiger partial charge in [-0.05, 0) is 36.8 Å². The van der Waals surface area contributed by atoms with Crippen LogP contribution in [0.25, 0.3) is 0 Å². The highest BCUT2D eigenvalue weighted by molar-refractivity contribution is 7.93. The van der Waals surface area contributed by atoms with Gasteiger partial charge in [-0.2, -0.15) is 0 Å². The Balaban J connectivity index is 2.15. The van der Waals surface area contributed by atoms with Crippen LogP contribution in [0.4, 0.5) is 5.00 Å². The quantitative estimate of drug-likeness (QED) is 0.517. The van der Waals surface area contributed by atoms with E-state index >= 15 is 0 Å². The Morgan fingerprint density at radius 1 is 1.00 bits per heavy atom. The third-order valence-electron chi connectivity index (χ3n) is 4.14. The second-order valence-electron chi connectivity index (χ2n) is 6.32. The maximum absolute atomic E-state index is 13.3. The zero-order valence-corrected chi connectivity index (χ0v) is 18.9. The summed E-state index contributed by atoms with van der Waals surface area (Å²) in [5.74, 6) is 0. The molecule has 2 aromatic carbocycles. The van der Waals surface area contributed by atoms with Crippen molar-refractivity contribution in [1.29, 1.82) is 0 Å². The summed E-state index contributed by atoms with van der Waals surface area (Å²) in [5, 5.41) is 0.438. The number of nitrogens with zero attached hydrogens (tertiary/aromatic N) is 2. The minimum absolute atomic E-state index is 0.00395. The van der Waals surface area contributed by atoms with Crippen molar-refractivity contribution >= 4 is 47.6 Å². The van der Waals surface area contributed by atoms with E-state index < -0.39 is 19.7 Å². The van der Waals surface area contributed by atoms with E-state index in [-0.39, 0.29) is 14.3 Å². The molecular formula is C19H19ClN2O4S3. The first-order valence-electron chi connectivity index (χ1n) is 8.63. The Morgan fingerprint density at radius 3 is 2.17 bits per heavy atom. The van der Waals surface area contributed by atoms with E-state index in [1.807, 2.05) is 42.2 Å². The molecule has 0 aliphatic carbocycles. The van der Waals surface area contributed by atoms with Crippen LogP contribution in [0, 0.1) is 0 Å². The van der Waals surface area contributed by atoms with Crippen molar-refractivity contribution in [3.63, 3.8) is 0 Å². The third-order valence-corrected chi connectivity index (χ3v) is 9.00. The molecule has 1 aromatic heterocycles. The molecule has 0 N–H and O–H groups in total. The number of benzene rings is 2. The van der Waals surface area contributed by atoms with Crippen LogP contribution in [0.5, 0.6) is 0 Å². The summed E-state index contributed by atoms with van der Waals surface area (Å²) in [5.41, 5.74) is 0.971. The summed E-state index contributed by atoms with van der Waals surface area (Å²) in [7, 11) is -7.71. The zero-order chi connectivity index (χ0) is 21.2. The molecule has 0 fully saturated rings. The van der Waals surface area contributed by atoms with Crippen LogP contribution in [0.3, 0.4) is 0 Å². The molecule has 0 amide bonds. The minimum atomic E-state index is -4.04. The molecular weight excluding hydrogens is 452 g/mol. The van der Waals surface area contributed by atoms with Gasteiger partial charge in [0.25, 0.3) is 0 Å². The van der Waals surface area contributed by atoms with Gasteiger partial charge in [-0.25, -0.2) is 21.8 Å². The van der Waals surface area contributed by atoms with E-state index in [0.717, 1.165) is 23.2 Å². The molecule has 0 bridgehead atoms. The molecule has 154 valence electrons. The van der Waals surface area contributed by atoms with Crippen LogP contribution in [0.15, 0.2) is 68.9 Å². The lowest BCUT2D eigenvalue weighted by molar-refractivity contribution is 0.590. The lowest BCUT2D eigenvalue weighted by atomic mass is 10.2. The second kappa shape index (κ2) is 8.43. The Hall–Kier alpha value is -1.94. The van der Waals surface area contributed by atoms with Gasteiger partial charge in [0.1, 0.15) is 5.00 Å². The maximum Gasteiger partial charge on any atom is 0.226 e. The molecule has 3 rings (SSSR count). The summed E-state index contributed by atoms with van der Waals surface area (Å²) in [6.07, 6.45) is 1.02. The minimum Gasteiger partial charge on any atom is -0.357 e. The number of aromatic nitrogens is 1. The maximum atomic E-state index is 13.3. The number of hydrogen-bond donors (Lipinski definition) is 0. The van der Waals surface area contributed by atoms with Gasteiger partial charge in [0.2, 0.25) is 24.0 Å². The van der Waals surface area contributed by atoms with Crippen molar-refractivity contribution in [2.75, 3.05) is 17.7 Å². The Labute approximate surface area is 179 Å². The molecule has 0 saturated carbocycles. The Kier molecular flexibility index (Phi) is 6.33. The molecule has 1 heterocycles. The number of halogens is 1. The molecule has 0 aliphatic rings. The van der Waals surface area contributed by atoms with Crippen molar-refractivity contribution in [3.05, 3.63) is 65.2 Å². The van der Waals surface area contributed by atoms with Crippen LogP contribution in [-0.2, 0) is 26.2 Å². The number of rotatable bonds is 7. The summed E-state index contributed by atoms with van der Waals surface area (Å²) >= 11 is 6.73. The predicted octanol–water partition coefficient (Wildman–Crippen LogP) is 4.06. The van der Waals surface area contributed by atoms with Crippen molar-refractivity contribution in [3.8, 4) is 0 Å². The van der Waals surface area contributed by atoms with E-state index in [0.29, 0.717) is 23.1 Å². The molecule has 6 nitrogen and oxygen atoms in total. The molecule has 29 heavy (non-hydrogen) atoms. The van der Waals surface area contributed by atoms with E-state index in [1.165, 1.54) is 24.3 Å². The molecule has 3 aromatic rings. The molecule has 0 unspecified atom stereocenters. The van der Waals surface area contributed by atoms with Crippen LogP contribution in [0.2, 0.25) is 5.02 Å². The van der Waals surface area contributed by atoms with Crippen molar-refractivity contribution < 1.29 is 16.8 Å². The second-order valence-corrected chi connectivity index (χ2v) is 11.8. The highest BCUT2D eigenvalue weighted by Crippen LogP contribution is 2.38. The van der Waals surface area contributed by atoms with Gasteiger partial charge < -0.3 is 4.90 Å². The lowest BCUT2D eigenvalue weighted by Crippen LogP contribution is -2.23. The fourth-order valence-corrected chi connectivity index (χ4v) is 6.51. The summed E-state index contributed by atoms with van der Waals surface area (Å²) in [4.78, 5) is 5.84. The summed E-state index contributed by atoms with van der Waals surface area (Å²) < 4.78 is 50.5. The molecule has 10 heteroatoms. The molecule has 0 spiro atoms. The van der Waals surface area contributed by atoms with Gasteiger partial charge >= 0.3 is 0 Å². The first-order valence-corrected chi connectivity index (χ1v) is 13.2. The van der Waals surface area contributed by atoms with Crippen LogP contribution in [-0.4, -0.2) is 34.6 Å². The number of anilines is 1. The fraction of sp³-hybridized carbons (Fsp3) is 0.211. The van der Waals surface area contributed by atoms with Gasteiger partial charge in [-0.3, -0.25) is 0 Å². The van der Waals surface area contributed by atoms with E-state index in [2.05, 4.69) is 4.98 Å².